The van der Waals surface area contributed by atoms with Crippen molar-refractivity contribution < 1.29 is 23.8 Å². The first kappa shape index (κ1) is 24.1. The van der Waals surface area contributed by atoms with Crippen LogP contribution < -0.4 is 14.4 Å². The van der Waals surface area contributed by atoms with Crippen molar-refractivity contribution >= 4 is 95.4 Å². The number of hydrogen-bond donors (Lipinski definition) is 0. The Morgan fingerprint density at radius 2 is 1.94 bits per heavy atom. The van der Waals surface area contributed by atoms with Gasteiger partial charge in [0.2, 0.25) is 0 Å². The highest BCUT2D eigenvalue weighted by Gasteiger charge is 2.33. The molecule has 1 amide bonds. The van der Waals surface area contributed by atoms with Crippen LogP contribution in [-0.2, 0) is 14.3 Å². The molecule has 0 N–H and O–H groups in total. The molecule has 1 fully saturated rings. The largest absolute Gasteiger partial charge is 0.493 e. The zero-order valence-electron chi connectivity index (χ0n) is 16.1. The number of nitrogens with zero attached hydrogens (tertiary/aromatic N) is 1. The summed E-state index contributed by atoms with van der Waals surface area (Å²) >= 11 is 19.6. The van der Waals surface area contributed by atoms with E-state index in [1.807, 2.05) is 0 Å². The number of thiocarbonyl (C=S) groups is 1. The molecule has 11 heteroatoms. The molecule has 0 aromatic heterocycles. The van der Waals surface area contributed by atoms with E-state index in [0.29, 0.717) is 41.5 Å². The van der Waals surface area contributed by atoms with Gasteiger partial charge in [-0.1, -0.05) is 51.5 Å². The van der Waals surface area contributed by atoms with Gasteiger partial charge in [0.1, 0.15) is 0 Å². The number of amides is 1. The molecule has 2 aromatic carbocycles. The maximum Gasteiger partial charge on any atom is 0.343 e. The second-order valence-electron chi connectivity index (χ2n) is 6.00. The first-order chi connectivity index (χ1) is 14.7. The topological polar surface area (TPSA) is 65.1 Å². The summed E-state index contributed by atoms with van der Waals surface area (Å²) in [4.78, 5) is 26.2. The number of rotatable bonds is 6. The monoisotopic (exact) mass is 605 g/mol. The number of carbonyl (C=O) groups excluding carboxylic acids is 2. The molecule has 1 saturated heterocycles. The van der Waals surface area contributed by atoms with Crippen LogP contribution in [0, 0.1) is 0 Å². The summed E-state index contributed by atoms with van der Waals surface area (Å²) in [6.07, 6.45) is 1.70. The number of thioether (sulfide) groups is 1. The lowest BCUT2D eigenvalue weighted by molar-refractivity contribution is -0.142. The normalized spacial score (nSPS) is 14.9. The van der Waals surface area contributed by atoms with Crippen LogP contribution in [0.25, 0.3) is 6.08 Å². The van der Waals surface area contributed by atoms with E-state index in [0.717, 1.165) is 4.47 Å². The Balaban J connectivity index is 1.90. The van der Waals surface area contributed by atoms with E-state index in [1.165, 1.54) is 30.9 Å². The molecule has 162 valence electrons. The van der Waals surface area contributed by atoms with Crippen LogP contribution in [0.4, 0.5) is 5.69 Å². The molecule has 0 aliphatic carbocycles. The predicted molar refractivity (Wildman–Crippen MR) is 133 cm³/mol. The first-order valence-corrected chi connectivity index (χ1v) is 11.7. The second kappa shape index (κ2) is 10.4. The third-order valence-electron chi connectivity index (χ3n) is 4.10. The fourth-order valence-corrected chi connectivity index (χ4v) is 4.73. The van der Waals surface area contributed by atoms with Gasteiger partial charge in [0.25, 0.3) is 5.91 Å². The van der Waals surface area contributed by atoms with Gasteiger partial charge in [0.15, 0.2) is 22.4 Å². The smallest absolute Gasteiger partial charge is 0.343 e. The molecule has 0 spiro atoms. The minimum atomic E-state index is -0.515. The Hall–Kier alpha value is -1.59. The van der Waals surface area contributed by atoms with Crippen molar-refractivity contribution in [3.05, 3.63) is 54.8 Å². The maximum absolute atomic E-state index is 13.0. The molecule has 2 aromatic rings. The van der Waals surface area contributed by atoms with Crippen molar-refractivity contribution in [2.24, 2.45) is 0 Å². The lowest BCUT2D eigenvalue weighted by Gasteiger charge is -2.15. The number of halogens is 3. The van der Waals surface area contributed by atoms with Crippen molar-refractivity contribution in [2.45, 2.75) is 0 Å². The van der Waals surface area contributed by atoms with Gasteiger partial charge in [-0.2, -0.15) is 0 Å². The molecular weight excluding hydrogens is 594 g/mol. The fraction of sp³-hybridized carbons (Fsp3) is 0.150. The van der Waals surface area contributed by atoms with Crippen LogP contribution in [0.5, 0.6) is 11.5 Å². The molecule has 3 rings (SSSR count). The third-order valence-corrected chi connectivity index (χ3v) is 7.32. The van der Waals surface area contributed by atoms with E-state index < -0.39 is 5.97 Å². The minimum Gasteiger partial charge on any atom is -0.493 e. The minimum absolute atomic E-state index is 0.257. The van der Waals surface area contributed by atoms with E-state index in [-0.39, 0.29) is 12.5 Å². The van der Waals surface area contributed by atoms with Crippen molar-refractivity contribution in [1.82, 2.24) is 0 Å². The molecule has 1 aliphatic rings. The molecule has 0 unspecified atom stereocenters. The summed E-state index contributed by atoms with van der Waals surface area (Å²) in [6.45, 7) is -0.257. The average Bonchev–Trinajstić information content (AvgIpc) is 3.02. The van der Waals surface area contributed by atoms with Crippen molar-refractivity contribution in [3.63, 3.8) is 0 Å². The van der Waals surface area contributed by atoms with E-state index in [1.54, 1.807) is 36.4 Å². The lowest BCUT2D eigenvalue weighted by atomic mass is 10.1. The zero-order valence-corrected chi connectivity index (χ0v) is 21.7. The Morgan fingerprint density at radius 3 is 2.58 bits per heavy atom. The average molecular weight is 608 g/mol. The van der Waals surface area contributed by atoms with E-state index in [4.69, 9.17) is 33.3 Å². The van der Waals surface area contributed by atoms with Gasteiger partial charge >= 0.3 is 5.97 Å². The van der Waals surface area contributed by atoms with Gasteiger partial charge in [-0.3, -0.25) is 9.69 Å². The summed E-state index contributed by atoms with van der Waals surface area (Å²) in [5.41, 5.74) is 1.26. The predicted octanol–water partition coefficient (Wildman–Crippen LogP) is 5.83. The van der Waals surface area contributed by atoms with Gasteiger partial charge in [0, 0.05) is 8.95 Å². The zero-order chi connectivity index (χ0) is 22.7. The molecule has 0 radical (unpaired) electrons. The summed E-state index contributed by atoms with van der Waals surface area (Å²) < 4.78 is 17.2. The molecular formula is C20H14Br2ClNO5S2. The molecule has 6 nitrogen and oxygen atoms in total. The Morgan fingerprint density at radius 1 is 1.19 bits per heavy atom. The van der Waals surface area contributed by atoms with Crippen LogP contribution in [-0.4, -0.2) is 37.0 Å². The highest BCUT2D eigenvalue weighted by molar-refractivity contribution is 9.10. The maximum atomic E-state index is 13.0. The molecule has 0 bridgehead atoms. The fourth-order valence-electron chi connectivity index (χ4n) is 2.59. The van der Waals surface area contributed by atoms with Crippen molar-refractivity contribution in [1.29, 1.82) is 0 Å². The number of carbonyl (C=O) groups is 2. The number of ether oxygens (including phenoxy) is 3. The van der Waals surface area contributed by atoms with Crippen LogP contribution in [0.15, 0.2) is 44.2 Å². The van der Waals surface area contributed by atoms with Crippen LogP contribution in [0.1, 0.15) is 5.56 Å². The van der Waals surface area contributed by atoms with Crippen LogP contribution >= 0.6 is 67.4 Å². The Bertz CT molecular complexity index is 1110. The Labute approximate surface area is 210 Å². The molecule has 1 aliphatic heterocycles. The van der Waals surface area contributed by atoms with Crippen molar-refractivity contribution in [2.75, 3.05) is 25.7 Å². The second-order valence-corrected chi connectivity index (χ2v) is 9.80. The van der Waals surface area contributed by atoms with Gasteiger partial charge < -0.3 is 14.2 Å². The highest BCUT2D eigenvalue weighted by Crippen LogP contribution is 2.40. The number of hydrogen-bond acceptors (Lipinski definition) is 7. The number of esters is 1. The number of anilines is 1. The van der Waals surface area contributed by atoms with Crippen molar-refractivity contribution in [3.8, 4) is 11.5 Å². The highest BCUT2D eigenvalue weighted by atomic mass is 79.9. The van der Waals surface area contributed by atoms with Crippen LogP contribution in [0.3, 0.4) is 0 Å². The first-order valence-electron chi connectivity index (χ1n) is 8.55. The number of methoxy groups -OCH3 is 2. The quantitative estimate of drug-likeness (QED) is 0.233. The Kier molecular flexibility index (Phi) is 8.03. The van der Waals surface area contributed by atoms with E-state index in [2.05, 4.69) is 36.6 Å². The summed E-state index contributed by atoms with van der Waals surface area (Å²) in [6, 6.07) is 8.54. The lowest BCUT2D eigenvalue weighted by Crippen LogP contribution is -2.27. The number of benzene rings is 2. The molecule has 0 saturated carbocycles. The van der Waals surface area contributed by atoms with Crippen LogP contribution in [0.2, 0.25) is 5.02 Å². The van der Waals surface area contributed by atoms with E-state index >= 15 is 0 Å². The molecule has 0 atom stereocenters. The standard InChI is InChI=1S/C20H14Br2ClNO5S2/c1-27-15-5-10(13(22)8-16(15)29-9-18(25)28-2)6-17-19(26)24(20(30)31-17)11-3-4-12(21)14(23)7-11/h3-8H,9H2,1-2H3/b17-6+. The summed E-state index contributed by atoms with van der Waals surface area (Å²) in [7, 11) is 2.76. The van der Waals surface area contributed by atoms with Gasteiger partial charge in [-0.05, 0) is 57.9 Å². The summed E-state index contributed by atoms with van der Waals surface area (Å²) in [5, 5.41) is 0.477. The molecule has 31 heavy (non-hydrogen) atoms. The van der Waals surface area contributed by atoms with Gasteiger partial charge in [-0.15, -0.1) is 0 Å². The summed E-state index contributed by atoms with van der Waals surface area (Å²) in [5.74, 6) is -0.0215. The third kappa shape index (κ3) is 5.43. The van der Waals surface area contributed by atoms with Gasteiger partial charge in [0.05, 0.1) is 29.8 Å². The van der Waals surface area contributed by atoms with E-state index in [9.17, 15) is 9.59 Å². The van der Waals surface area contributed by atoms with Gasteiger partial charge in [-0.25, -0.2) is 4.79 Å². The molecule has 1 heterocycles. The SMILES string of the molecule is COC(=O)COc1cc(Br)c(/C=C2/SC(=S)N(c3ccc(Br)c(Cl)c3)C2=O)cc1OC.